The van der Waals surface area contributed by atoms with Crippen LogP contribution in [0.4, 0.5) is 5.69 Å². The summed E-state index contributed by atoms with van der Waals surface area (Å²) in [6.07, 6.45) is 0.0166. The highest BCUT2D eigenvalue weighted by molar-refractivity contribution is 9.10. The molecule has 18 heavy (non-hydrogen) atoms. The molecule has 1 fully saturated rings. The van der Waals surface area contributed by atoms with E-state index in [2.05, 4.69) is 26.6 Å². The predicted molar refractivity (Wildman–Crippen MR) is 75.6 cm³/mol. The third kappa shape index (κ3) is 2.91. The van der Waals surface area contributed by atoms with E-state index in [4.69, 9.17) is 28.3 Å². The van der Waals surface area contributed by atoms with Crippen molar-refractivity contribution in [3.63, 3.8) is 0 Å². The summed E-state index contributed by atoms with van der Waals surface area (Å²) in [4.78, 5) is 10.9. The smallest absolute Gasteiger partial charge is 0.305 e. The second-order valence-electron chi connectivity index (χ2n) is 4.32. The maximum absolute atomic E-state index is 10.9. The first-order chi connectivity index (χ1) is 8.42. The van der Waals surface area contributed by atoms with Crippen molar-refractivity contribution in [2.45, 2.75) is 12.0 Å². The Balaban J connectivity index is 2.25. The van der Waals surface area contributed by atoms with Crippen molar-refractivity contribution in [2.75, 3.05) is 18.4 Å². The Kier molecular flexibility index (Phi) is 4.06. The Labute approximate surface area is 123 Å². The van der Waals surface area contributed by atoms with Gasteiger partial charge >= 0.3 is 5.97 Å². The van der Waals surface area contributed by atoms with Crippen molar-refractivity contribution in [1.82, 2.24) is 5.32 Å². The maximum Gasteiger partial charge on any atom is 0.305 e. The zero-order valence-electron chi connectivity index (χ0n) is 9.27. The van der Waals surface area contributed by atoms with E-state index in [0.717, 1.165) is 4.47 Å². The number of carboxylic acid groups (broad SMARTS) is 1. The Morgan fingerprint density at radius 1 is 1.44 bits per heavy atom. The molecule has 3 N–H and O–H groups in total. The molecule has 0 unspecified atom stereocenters. The van der Waals surface area contributed by atoms with E-state index in [1.54, 1.807) is 12.1 Å². The summed E-state index contributed by atoms with van der Waals surface area (Å²) >= 11 is 15.5. The van der Waals surface area contributed by atoms with Crippen LogP contribution in [0.25, 0.3) is 0 Å². The van der Waals surface area contributed by atoms with Gasteiger partial charge in [-0.1, -0.05) is 39.1 Å². The van der Waals surface area contributed by atoms with Crippen LogP contribution in [0.15, 0.2) is 16.6 Å². The van der Waals surface area contributed by atoms with Crippen molar-refractivity contribution < 1.29 is 9.90 Å². The molecule has 0 aromatic heterocycles. The first-order valence-electron chi connectivity index (χ1n) is 5.27. The molecule has 2 rings (SSSR count). The number of aliphatic carboxylic acids is 1. The number of rotatable bonds is 4. The van der Waals surface area contributed by atoms with Gasteiger partial charge in [0.1, 0.15) is 0 Å². The van der Waals surface area contributed by atoms with Crippen LogP contribution in [-0.2, 0) is 4.79 Å². The normalized spacial score (nSPS) is 17.1. The topological polar surface area (TPSA) is 61.4 Å². The molecule has 1 aromatic carbocycles. The van der Waals surface area contributed by atoms with E-state index in [-0.39, 0.29) is 6.42 Å². The maximum atomic E-state index is 10.9. The molecule has 1 heterocycles. The molecule has 0 spiro atoms. The van der Waals surface area contributed by atoms with Crippen LogP contribution in [0.5, 0.6) is 0 Å². The highest BCUT2D eigenvalue weighted by Crippen LogP contribution is 2.37. The van der Waals surface area contributed by atoms with E-state index >= 15 is 0 Å². The third-order valence-corrected chi connectivity index (χ3v) is 3.87. The van der Waals surface area contributed by atoms with Crippen molar-refractivity contribution in [3.05, 3.63) is 26.7 Å². The Morgan fingerprint density at radius 3 is 2.39 bits per heavy atom. The van der Waals surface area contributed by atoms with Crippen LogP contribution in [0.3, 0.4) is 0 Å². The van der Waals surface area contributed by atoms with Crippen molar-refractivity contribution in [1.29, 1.82) is 0 Å². The molecule has 1 aliphatic rings. The average Bonchev–Trinajstić information content (AvgIpc) is 2.18. The van der Waals surface area contributed by atoms with Crippen LogP contribution in [-0.4, -0.2) is 29.7 Å². The van der Waals surface area contributed by atoms with Gasteiger partial charge in [0.25, 0.3) is 0 Å². The van der Waals surface area contributed by atoms with Crippen LogP contribution in [0, 0.1) is 0 Å². The first-order valence-corrected chi connectivity index (χ1v) is 6.82. The quantitative estimate of drug-likeness (QED) is 0.778. The molecule has 0 radical (unpaired) electrons. The van der Waals surface area contributed by atoms with Crippen LogP contribution < -0.4 is 10.6 Å². The fourth-order valence-electron chi connectivity index (χ4n) is 1.90. The van der Waals surface area contributed by atoms with E-state index in [1.807, 2.05) is 0 Å². The van der Waals surface area contributed by atoms with Gasteiger partial charge in [0.15, 0.2) is 0 Å². The second kappa shape index (κ2) is 5.25. The van der Waals surface area contributed by atoms with E-state index < -0.39 is 11.5 Å². The first kappa shape index (κ1) is 13.9. The van der Waals surface area contributed by atoms with Gasteiger partial charge in [-0.3, -0.25) is 4.79 Å². The largest absolute Gasteiger partial charge is 0.481 e. The Bertz CT molecular complexity index is 469. The molecule has 0 atom stereocenters. The SMILES string of the molecule is O=C(O)CC1(Nc2c(Cl)cc(Br)cc2Cl)CNC1. The molecule has 0 bridgehead atoms. The zero-order chi connectivity index (χ0) is 13.3. The number of halogens is 3. The number of hydrogen-bond donors (Lipinski definition) is 3. The van der Waals surface area contributed by atoms with Crippen LogP contribution >= 0.6 is 39.1 Å². The standard InChI is InChI=1S/C11H11BrCl2N2O2/c12-6-1-7(13)10(8(14)2-6)16-11(3-9(17)18)4-15-5-11/h1-2,15-16H,3-5H2,(H,17,18). The zero-order valence-corrected chi connectivity index (χ0v) is 12.4. The minimum atomic E-state index is -0.853. The lowest BCUT2D eigenvalue weighted by Crippen LogP contribution is -2.65. The molecule has 7 heteroatoms. The number of carbonyl (C=O) groups is 1. The summed E-state index contributed by atoms with van der Waals surface area (Å²) in [7, 11) is 0. The molecule has 4 nitrogen and oxygen atoms in total. The van der Waals surface area contributed by atoms with Gasteiger partial charge in [0.05, 0.1) is 27.7 Å². The number of carboxylic acids is 1. The summed E-state index contributed by atoms with van der Waals surface area (Å²) in [6, 6.07) is 3.44. The highest BCUT2D eigenvalue weighted by atomic mass is 79.9. The highest BCUT2D eigenvalue weighted by Gasteiger charge is 2.39. The van der Waals surface area contributed by atoms with Gasteiger partial charge in [-0.05, 0) is 12.1 Å². The second-order valence-corrected chi connectivity index (χ2v) is 6.05. The number of benzene rings is 1. The fraction of sp³-hybridized carbons (Fsp3) is 0.364. The minimum absolute atomic E-state index is 0.0166. The summed E-state index contributed by atoms with van der Waals surface area (Å²) in [5.74, 6) is -0.853. The third-order valence-electron chi connectivity index (χ3n) is 2.81. The van der Waals surface area contributed by atoms with Gasteiger partial charge in [0.2, 0.25) is 0 Å². The van der Waals surface area contributed by atoms with E-state index in [1.165, 1.54) is 0 Å². The number of nitrogens with one attached hydrogen (secondary N) is 2. The molecule has 0 amide bonds. The van der Waals surface area contributed by atoms with Gasteiger partial charge < -0.3 is 15.7 Å². The van der Waals surface area contributed by atoms with Gasteiger partial charge in [-0.25, -0.2) is 0 Å². The molecular formula is C11H11BrCl2N2O2. The van der Waals surface area contributed by atoms with E-state index in [0.29, 0.717) is 28.8 Å². The lowest BCUT2D eigenvalue weighted by molar-refractivity contribution is -0.138. The van der Waals surface area contributed by atoms with Crippen molar-refractivity contribution >= 4 is 50.8 Å². The number of anilines is 1. The van der Waals surface area contributed by atoms with Crippen LogP contribution in [0.2, 0.25) is 10.0 Å². The van der Waals surface area contributed by atoms with Crippen molar-refractivity contribution in [2.24, 2.45) is 0 Å². The Morgan fingerprint density at radius 2 is 2.00 bits per heavy atom. The average molecular weight is 354 g/mol. The van der Waals surface area contributed by atoms with Crippen LogP contribution in [0.1, 0.15) is 6.42 Å². The molecule has 0 saturated carbocycles. The Hall–Kier alpha value is -0.490. The van der Waals surface area contributed by atoms with Gasteiger partial charge in [-0.15, -0.1) is 0 Å². The molecule has 0 aliphatic carbocycles. The number of hydrogen-bond acceptors (Lipinski definition) is 3. The van der Waals surface area contributed by atoms with E-state index in [9.17, 15) is 4.79 Å². The van der Waals surface area contributed by atoms with Gasteiger partial charge in [0, 0.05) is 17.6 Å². The molecular weight excluding hydrogens is 343 g/mol. The molecule has 1 aliphatic heterocycles. The fourth-order valence-corrected chi connectivity index (χ4v) is 3.20. The summed E-state index contributed by atoms with van der Waals surface area (Å²) in [6.45, 7) is 1.14. The molecule has 1 saturated heterocycles. The summed E-state index contributed by atoms with van der Waals surface area (Å²) in [5, 5.41) is 16.1. The summed E-state index contributed by atoms with van der Waals surface area (Å²) < 4.78 is 0.780. The predicted octanol–water partition coefficient (Wildman–Crippen LogP) is 2.98. The lowest BCUT2D eigenvalue weighted by atomic mass is 9.88. The molecule has 98 valence electrons. The molecule has 1 aromatic rings. The minimum Gasteiger partial charge on any atom is -0.481 e. The van der Waals surface area contributed by atoms with Crippen molar-refractivity contribution in [3.8, 4) is 0 Å². The monoisotopic (exact) mass is 352 g/mol. The van der Waals surface area contributed by atoms with Gasteiger partial charge in [-0.2, -0.15) is 0 Å². The lowest BCUT2D eigenvalue weighted by Gasteiger charge is -2.43. The summed E-state index contributed by atoms with van der Waals surface area (Å²) in [5.41, 5.74) is 0.0525.